The first-order valence-electron chi connectivity index (χ1n) is 8.13. The van der Waals surface area contributed by atoms with E-state index in [1.54, 1.807) is 11.3 Å². The number of aromatic nitrogens is 1. The van der Waals surface area contributed by atoms with Gasteiger partial charge < -0.3 is 10.6 Å². The summed E-state index contributed by atoms with van der Waals surface area (Å²) in [5.41, 5.74) is 9.92. The summed E-state index contributed by atoms with van der Waals surface area (Å²) in [6.07, 6.45) is 6.13. The molecule has 1 atom stereocenters. The molecule has 3 nitrogen and oxygen atoms in total. The van der Waals surface area contributed by atoms with Crippen LogP contribution < -0.4 is 5.73 Å². The molecular formula is C17H25N3S. The largest absolute Gasteiger partial charge is 0.375 e. The second kappa shape index (κ2) is 6.32. The number of fused-ring (bicyclic) bond motifs is 2. The van der Waals surface area contributed by atoms with Crippen molar-refractivity contribution in [3.8, 4) is 0 Å². The lowest BCUT2D eigenvalue weighted by Gasteiger charge is -2.35. The summed E-state index contributed by atoms with van der Waals surface area (Å²) < 4.78 is 1.24. The number of nitrogens with zero attached hydrogens (tertiary/aromatic N) is 2. The fourth-order valence-electron chi connectivity index (χ4n) is 3.54. The zero-order chi connectivity index (χ0) is 14.8. The van der Waals surface area contributed by atoms with Crippen molar-refractivity contribution in [2.45, 2.75) is 52.0 Å². The summed E-state index contributed by atoms with van der Waals surface area (Å²) in [4.78, 5) is 7.11. The van der Waals surface area contributed by atoms with Crippen LogP contribution in [0.2, 0.25) is 0 Å². The van der Waals surface area contributed by atoms with E-state index in [9.17, 15) is 0 Å². The quantitative estimate of drug-likeness (QED) is 0.912. The zero-order valence-corrected chi connectivity index (χ0v) is 13.9. The van der Waals surface area contributed by atoms with Crippen molar-refractivity contribution < 1.29 is 0 Å². The first-order chi connectivity index (χ1) is 10.2. The molecule has 0 saturated carbocycles. The van der Waals surface area contributed by atoms with Gasteiger partial charge in [0.25, 0.3) is 0 Å². The molecule has 2 N–H and O–H groups in total. The maximum atomic E-state index is 5.84. The lowest BCUT2D eigenvalue weighted by Crippen LogP contribution is -2.40. The first kappa shape index (κ1) is 14.8. The van der Waals surface area contributed by atoms with E-state index in [4.69, 9.17) is 5.73 Å². The number of hydrogen-bond acceptors (Lipinski definition) is 4. The van der Waals surface area contributed by atoms with Gasteiger partial charge in [0.05, 0.1) is 10.2 Å². The molecule has 3 rings (SSSR count). The monoisotopic (exact) mass is 303 g/mol. The minimum absolute atomic E-state index is 0.683. The highest BCUT2D eigenvalue weighted by Gasteiger charge is 2.24. The van der Waals surface area contributed by atoms with Crippen molar-refractivity contribution in [1.82, 2.24) is 9.88 Å². The number of rotatable bonds is 5. The van der Waals surface area contributed by atoms with E-state index >= 15 is 0 Å². The van der Waals surface area contributed by atoms with Gasteiger partial charge in [-0.1, -0.05) is 25.2 Å². The number of hydrogen-bond donors (Lipinski definition) is 1. The van der Waals surface area contributed by atoms with E-state index in [1.807, 2.05) is 0 Å². The highest BCUT2D eigenvalue weighted by molar-refractivity contribution is 7.22. The maximum Gasteiger partial charge on any atom is 0.181 e. The van der Waals surface area contributed by atoms with Gasteiger partial charge in [0.1, 0.15) is 0 Å². The molecule has 1 heterocycles. The van der Waals surface area contributed by atoms with Gasteiger partial charge in [0, 0.05) is 6.04 Å². The van der Waals surface area contributed by atoms with Gasteiger partial charge in [-0.05, 0) is 68.5 Å². The van der Waals surface area contributed by atoms with Gasteiger partial charge in [0.2, 0.25) is 0 Å². The van der Waals surface area contributed by atoms with Crippen molar-refractivity contribution in [1.29, 1.82) is 0 Å². The predicted molar refractivity (Wildman–Crippen MR) is 92.0 cm³/mol. The summed E-state index contributed by atoms with van der Waals surface area (Å²) >= 11 is 1.61. The Balaban J connectivity index is 1.84. The van der Waals surface area contributed by atoms with E-state index in [0.29, 0.717) is 11.2 Å². The Morgan fingerprint density at radius 3 is 2.71 bits per heavy atom. The van der Waals surface area contributed by atoms with Crippen LogP contribution in [0.15, 0.2) is 12.1 Å². The summed E-state index contributed by atoms with van der Waals surface area (Å²) in [5.74, 6) is 0. The fraction of sp³-hybridized carbons (Fsp3) is 0.588. The minimum atomic E-state index is 0.683. The Bertz CT molecular complexity index is 614. The van der Waals surface area contributed by atoms with Gasteiger partial charge in [-0.25, -0.2) is 4.98 Å². The highest BCUT2D eigenvalue weighted by Crippen LogP contribution is 2.32. The van der Waals surface area contributed by atoms with Gasteiger partial charge in [-0.2, -0.15) is 0 Å². The summed E-state index contributed by atoms with van der Waals surface area (Å²) in [6, 6.07) is 5.30. The molecular weight excluding hydrogens is 278 g/mol. The molecule has 0 bridgehead atoms. The normalized spacial score (nSPS) is 18.3. The molecule has 0 amide bonds. The number of thiazole rings is 1. The molecule has 0 fully saturated rings. The average Bonchev–Trinajstić information content (AvgIpc) is 2.83. The third-order valence-electron chi connectivity index (χ3n) is 4.47. The molecule has 114 valence electrons. The molecule has 2 aromatic rings. The molecule has 0 radical (unpaired) electrons. The van der Waals surface area contributed by atoms with Crippen LogP contribution in [0, 0.1) is 0 Å². The Morgan fingerprint density at radius 2 is 2.00 bits per heavy atom. The van der Waals surface area contributed by atoms with Crippen molar-refractivity contribution in [3.05, 3.63) is 23.3 Å². The van der Waals surface area contributed by atoms with Crippen molar-refractivity contribution in [2.75, 3.05) is 18.8 Å². The molecule has 1 aromatic heterocycles. The van der Waals surface area contributed by atoms with Gasteiger partial charge in [-0.15, -0.1) is 0 Å². The fourth-order valence-corrected chi connectivity index (χ4v) is 4.32. The van der Waals surface area contributed by atoms with Crippen molar-refractivity contribution in [3.63, 3.8) is 0 Å². The second-order valence-electron chi connectivity index (χ2n) is 6.07. The van der Waals surface area contributed by atoms with Crippen LogP contribution >= 0.6 is 11.3 Å². The van der Waals surface area contributed by atoms with E-state index in [0.717, 1.165) is 5.52 Å². The number of nitrogen functional groups attached to an aromatic ring is 1. The predicted octanol–water partition coefficient (Wildman–Crippen LogP) is 3.86. The lowest BCUT2D eigenvalue weighted by atomic mass is 9.87. The number of anilines is 1. The zero-order valence-electron chi connectivity index (χ0n) is 13.1. The van der Waals surface area contributed by atoms with Gasteiger partial charge in [0.15, 0.2) is 5.13 Å². The molecule has 21 heavy (non-hydrogen) atoms. The Kier molecular flexibility index (Phi) is 4.45. The van der Waals surface area contributed by atoms with Crippen LogP contribution in [-0.4, -0.2) is 29.0 Å². The van der Waals surface area contributed by atoms with E-state index in [1.165, 1.54) is 61.0 Å². The van der Waals surface area contributed by atoms with Crippen LogP contribution in [0.5, 0.6) is 0 Å². The number of aryl methyl sites for hydroxylation is 1. The summed E-state index contributed by atoms with van der Waals surface area (Å²) in [6.45, 7) is 7.01. The third kappa shape index (κ3) is 3.06. The second-order valence-corrected chi connectivity index (χ2v) is 7.14. The van der Waals surface area contributed by atoms with Crippen molar-refractivity contribution >= 4 is 26.7 Å². The molecule has 1 aliphatic rings. The van der Waals surface area contributed by atoms with Crippen molar-refractivity contribution in [2.24, 2.45) is 0 Å². The van der Waals surface area contributed by atoms with Gasteiger partial charge >= 0.3 is 0 Å². The topological polar surface area (TPSA) is 42.2 Å². The van der Waals surface area contributed by atoms with E-state index < -0.39 is 0 Å². The van der Waals surface area contributed by atoms with Crippen LogP contribution in [0.25, 0.3) is 10.2 Å². The van der Waals surface area contributed by atoms with Gasteiger partial charge in [-0.3, -0.25) is 0 Å². The molecule has 1 aliphatic carbocycles. The minimum Gasteiger partial charge on any atom is -0.375 e. The lowest BCUT2D eigenvalue weighted by molar-refractivity contribution is 0.180. The molecule has 1 unspecified atom stereocenters. The van der Waals surface area contributed by atoms with Crippen LogP contribution in [-0.2, 0) is 12.8 Å². The SMILES string of the molecule is CCCN(CCC)C1CCc2cc3nc(N)sc3cc2C1. The smallest absolute Gasteiger partial charge is 0.181 e. The molecule has 0 aliphatic heterocycles. The molecule has 0 spiro atoms. The molecule has 4 heteroatoms. The Morgan fingerprint density at radius 1 is 1.24 bits per heavy atom. The van der Waals surface area contributed by atoms with Crippen LogP contribution in [0.4, 0.5) is 5.13 Å². The molecule has 0 saturated heterocycles. The first-order valence-corrected chi connectivity index (χ1v) is 8.94. The number of benzene rings is 1. The summed E-state index contributed by atoms with van der Waals surface area (Å²) in [5, 5.41) is 0.683. The van der Waals surface area contributed by atoms with Crippen LogP contribution in [0.1, 0.15) is 44.2 Å². The Hall–Kier alpha value is -1.13. The summed E-state index contributed by atoms with van der Waals surface area (Å²) in [7, 11) is 0. The van der Waals surface area contributed by atoms with Crippen LogP contribution in [0.3, 0.4) is 0 Å². The Labute approximate surface area is 131 Å². The molecule has 1 aromatic carbocycles. The van der Waals surface area contributed by atoms with E-state index in [2.05, 4.69) is 35.9 Å². The standard InChI is InChI=1S/C17H25N3S/c1-3-7-20(8-4-2)14-6-5-12-10-15-16(11-13(12)9-14)21-17(18)19-15/h10-11,14H,3-9H2,1-2H3,(H2,18,19). The maximum absolute atomic E-state index is 5.84. The highest BCUT2D eigenvalue weighted by atomic mass is 32.1. The third-order valence-corrected chi connectivity index (χ3v) is 5.31. The number of nitrogens with two attached hydrogens (primary N) is 1. The average molecular weight is 303 g/mol. The van der Waals surface area contributed by atoms with E-state index in [-0.39, 0.29) is 0 Å².